The van der Waals surface area contributed by atoms with E-state index in [0.29, 0.717) is 0 Å². The van der Waals surface area contributed by atoms with Gasteiger partial charge in [-0.1, -0.05) is 24.3 Å². The summed E-state index contributed by atoms with van der Waals surface area (Å²) in [5.41, 5.74) is 0. The van der Waals surface area contributed by atoms with Crippen LogP contribution in [0.15, 0.2) is 24.3 Å². The Morgan fingerprint density at radius 1 is 1.11 bits per heavy atom. The molecule has 0 bridgehead atoms. The average Bonchev–Trinajstić information content (AvgIpc) is 1.89. The van der Waals surface area contributed by atoms with Gasteiger partial charge in [-0.05, 0) is 19.8 Å². The first kappa shape index (κ1) is 8.44. The highest BCUT2D eigenvalue weighted by Gasteiger charge is 1.72. The Morgan fingerprint density at radius 2 is 1.78 bits per heavy atom. The van der Waals surface area contributed by atoms with Crippen molar-refractivity contribution in [3.8, 4) is 0 Å². The van der Waals surface area contributed by atoms with Gasteiger partial charge in [0, 0.05) is 0 Å². The maximum absolute atomic E-state index is 8.32. The molecule has 0 aromatic carbocycles. The lowest BCUT2D eigenvalue weighted by molar-refractivity contribution is 0.342. The Bertz CT molecular complexity index is 92.7. The molecular formula is C8H14O. The zero-order valence-electron chi connectivity index (χ0n) is 5.88. The molecule has 0 aliphatic carbocycles. The van der Waals surface area contributed by atoms with E-state index >= 15 is 0 Å². The molecule has 1 heteroatoms. The van der Waals surface area contributed by atoms with Crippen LogP contribution in [-0.4, -0.2) is 11.7 Å². The number of rotatable bonds is 4. The van der Waals surface area contributed by atoms with Crippen LogP contribution in [0.3, 0.4) is 0 Å². The van der Waals surface area contributed by atoms with Crippen LogP contribution in [-0.2, 0) is 0 Å². The van der Waals surface area contributed by atoms with E-state index in [-0.39, 0.29) is 6.61 Å². The summed E-state index contributed by atoms with van der Waals surface area (Å²) in [6, 6.07) is 0. The van der Waals surface area contributed by atoms with Crippen molar-refractivity contribution in [1.29, 1.82) is 0 Å². The predicted octanol–water partition coefficient (Wildman–Crippen LogP) is 1.89. The Labute approximate surface area is 56.7 Å². The van der Waals surface area contributed by atoms with Gasteiger partial charge in [-0.25, -0.2) is 0 Å². The molecule has 0 saturated heterocycles. The quantitative estimate of drug-likeness (QED) is 0.450. The second-order valence-electron chi connectivity index (χ2n) is 1.80. The van der Waals surface area contributed by atoms with E-state index in [1.165, 1.54) is 0 Å². The number of aliphatic hydroxyl groups is 1. The minimum atomic E-state index is 0.163. The molecule has 1 nitrogen and oxygen atoms in total. The third kappa shape index (κ3) is 7.44. The first-order valence-corrected chi connectivity index (χ1v) is 3.28. The summed E-state index contributed by atoms with van der Waals surface area (Å²) in [6.07, 6.45) is 10.0. The van der Waals surface area contributed by atoms with E-state index in [2.05, 4.69) is 6.08 Å². The lowest BCUT2D eigenvalue weighted by atomic mass is 10.3. The molecule has 0 aromatic heterocycles. The van der Waals surface area contributed by atoms with Crippen LogP contribution in [0.5, 0.6) is 0 Å². The van der Waals surface area contributed by atoms with Crippen LogP contribution in [0.2, 0.25) is 0 Å². The van der Waals surface area contributed by atoms with Gasteiger partial charge in [-0.15, -0.1) is 0 Å². The molecule has 0 saturated carbocycles. The lowest BCUT2D eigenvalue weighted by Gasteiger charge is -1.83. The Morgan fingerprint density at radius 3 is 2.33 bits per heavy atom. The molecule has 0 aromatic rings. The SMILES string of the molecule is C/C=C/CCC=CCO. The fourth-order valence-electron chi connectivity index (χ4n) is 0.552. The van der Waals surface area contributed by atoms with Gasteiger partial charge in [0.15, 0.2) is 0 Å². The molecule has 0 spiro atoms. The Hall–Kier alpha value is -0.560. The van der Waals surface area contributed by atoms with E-state index in [4.69, 9.17) is 5.11 Å². The van der Waals surface area contributed by atoms with Crippen molar-refractivity contribution in [2.75, 3.05) is 6.61 Å². The molecule has 0 radical (unpaired) electrons. The first-order valence-electron chi connectivity index (χ1n) is 3.28. The maximum Gasteiger partial charge on any atom is 0.0612 e. The topological polar surface area (TPSA) is 20.2 Å². The van der Waals surface area contributed by atoms with Gasteiger partial charge in [0.1, 0.15) is 0 Å². The Kier molecular flexibility index (Phi) is 6.98. The van der Waals surface area contributed by atoms with Crippen molar-refractivity contribution >= 4 is 0 Å². The maximum atomic E-state index is 8.32. The minimum absolute atomic E-state index is 0.163. The summed E-state index contributed by atoms with van der Waals surface area (Å²) >= 11 is 0. The van der Waals surface area contributed by atoms with Gasteiger partial charge in [0.05, 0.1) is 6.61 Å². The number of hydrogen-bond acceptors (Lipinski definition) is 1. The summed E-state index contributed by atoms with van der Waals surface area (Å²) in [6.45, 7) is 2.17. The summed E-state index contributed by atoms with van der Waals surface area (Å²) in [5.74, 6) is 0. The van der Waals surface area contributed by atoms with Crippen molar-refractivity contribution in [3.63, 3.8) is 0 Å². The number of allylic oxidation sites excluding steroid dienone is 3. The predicted molar refractivity (Wildman–Crippen MR) is 40.3 cm³/mol. The first-order chi connectivity index (χ1) is 4.41. The molecular weight excluding hydrogens is 112 g/mol. The average molecular weight is 126 g/mol. The van der Waals surface area contributed by atoms with Gasteiger partial charge in [-0.3, -0.25) is 0 Å². The van der Waals surface area contributed by atoms with Crippen molar-refractivity contribution in [3.05, 3.63) is 24.3 Å². The standard InChI is InChI=1S/C8H14O/c1-2-3-4-5-6-7-8-9/h2-3,6-7,9H,4-5,8H2,1H3/b3-2+,7-6?. The van der Waals surface area contributed by atoms with Crippen molar-refractivity contribution in [2.24, 2.45) is 0 Å². The molecule has 0 atom stereocenters. The van der Waals surface area contributed by atoms with E-state index in [0.717, 1.165) is 12.8 Å². The third-order valence-corrected chi connectivity index (χ3v) is 1.01. The molecule has 0 aliphatic rings. The molecule has 0 heterocycles. The number of unbranched alkanes of at least 4 members (excludes halogenated alkanes) is 1. The Balaban J connectivity index is 2.99. The van der Waals surface area contributed by atoms with Crippen LogP contribution in [0, 0.1) is 0 Å². The van der Waals surface area contributed by atoms with Crippen LogP contribution < -0.4 is 0 Å². The molecule has 1 N–H and O–H groups in total. The molecule has 0 amide bonds. The van der Waals surface area contributed by atoms with Gasteiger partial charge >= 0.3 is 0 Å². The van der Waals surface area contributed by atoms with E-state index in [9.17, 15) is 0 Å². The van der Waals surface area contributed by atoms with Crippen molar-refractivity contribution < 1.29 is 5.11 Å². The van der Waals surface area contributed by atoms with Gasteiger partial charge < -0.3 is 5.11 Å². The molecule has 0 fully saturated rings. The van der Waals surface area contributed by atoms with E-state index in [1.807, 2.05) is 19.1 Å². The van der Waals surface area contributed by atoms with Crippen molar-refractivity contribution in [2.45, 2.75) is 19.8 Å². The second kappa shape index (κ2) is 7.44. The molecule has 52 valence electrons. The molecule has 0 aliphatic heterocycles. The van der Waals surface area contributed by atoms with Gasteiger partial charge in [-0.2, -0.15) is 0 Å². The highest BCUT2D eigenvalue weighted by Crippen LogP contribution is 1.91. The summed E-state index contributed by atoms with van der Waals surface area (Å²) < 4.78 is 0. The largest absolute Gasteiger partial charge is 0.392 e. The van der Waals surface area contributed by atoms with Crippen LogP contribution >= 0.6 is 0 Å². The lowest BCUT2D eigenvalue weighted by Crippen LogP contribution is -1.70. The second-order valence-corrected chi connectivity index (χ2v) is 1.80. The fourth-order valence-corrected chi connectivity index (χ4v) is 0.552. The van der Waals surface area contributed by atoms with Crippen LogP contribution in [0.25, 0.3) is 0 Å². The number of aliphatic hydroxyl groups excluding tert-OH is 1. The highest BCUT2D eigenvalue weighted by atomic mass is 16.2. The van der Waals surface area contributed by atoms with E-state index < -0.39 is 0 Å². The van der Waals surface area contributed by atoms with Crippen LogP contribution in [0.4, 0.5) is 0 Å². The normalized spacial score (nSPS) is 11.8. The molecule has 0 rings (SSSR count). The van der Waals surface area contributed by atoms with Gasteiger partial charge in [0.25, 0.3) is 0 Å². The van der Waals surface area contributed by atoms with Crippen molar-refractivity contribution in [1.82, 2.24) is 0 Å². The smallest absolute Gasteiger partial charge is 0.0612 e. The fraction of sp³-hybridized carbons (Fsp3) is 0.500. The summed E-state index contributed by atoms with van der Waals surface area (Å²) in [7, 11) is 0. The minimum Gasteiger partial charge on any atom is -0.392 e. The molecule has 9 heavy (non-hydrogen) atoms. The highest BCUT2D eigenvalue weighted by molar-refractivity contribution is 4.85. The zero-order valence-corrected chi connectivity index (χ0v) is 5.88. The summed E-state index contributed by atoms with van der Waals surface area (Å²) in [4.78, 5) is 0. The third-order valence-electron chi connectivity index (χ3n) is 1.01. The summed E-state index contributed by atoms with van der Waals surface area (Å²) in [5, 5.41) is 8.32. The monoisotopic (exact) mass is 126 g/mol. The van der Waals surface area contributed by atoms with E-state index in [1.54, 1.807) is 6.08 Å². The zero-order chi connectivity index (χ0) is 6.95. The molecule has 0 unspecified atom stereocenters. The van der Waals surface area contributed by atoms with Gasteiger partial charge in [0.2, 0.25) is 0 Å². The van der Waals surface area contributed by atoms with Crippen LogP contribution in [0.1, 0.15) is 19.8 Å². The number of hydrogen-bond donors (Lipinski definition) is 1.